The number of benzene rings is 2. The Balaban J connectivity index is 1.66. The van der Waals surface area contributed by atoms with E-state index in [1.165, 1.54) is 6.08 Å². The molecule has 0 unspecified atom stereocenters. The van der Waals surface area contributed by atoms with Crippen LogP contribution in [0.3, 0.4) is 0 Å². The molecule has 1 aliphatic rings. The van der Waals surface area contributed by atoms with Crippen molar-refractivity contribution in [1.29, 1.82) is 0 Å². The summed E-state index contributed by atoms with van der Waals surface area (Å²) in [7, 11) is 0. The smallest absolute Gasteiger partial charge is 0.273 e. The lowest BCUT2D eigenvalue weighted by atomic mass is 10.1. The minimum absolute atomic E-state index is 0.0645. The molecule has 3 N–H and O–H groups in total. The molecule has 2 aromatic rings. The molecule has 0 bridgehead atoms. The van der Waals surface area contributed by atoms with Gasteiger partial charge in [-0.2, -0.15) is 0 Å². The zero-order valence-electron chi connectivity index (χ0n) is 14.1. The number of fused-ring (bicyclic) bond motifs is 1. The third kappa shape index (κ3) is 3.91. The number of hydrogen-bond donors (Lipinski definition) is 3. The summed E-state index contributed by atoms with van der Waals surface area (Å²) in [6, 6.07) is 10.7. The number of carbonyl (C=O) groups is 2. The van der Waals surface area contributed by atoms with E-state index in [-0.39, 0.29) is 17.2 Å². The maximum absolute atomic E-state index is 12.3. The molecule has 0 aliphatic carbocycles. The molecule has 1 saturated heterocycles. The summed E-state index contributed by atoms with van der Waals surface area (Å²) in [6.07, 6.45) is 3.53. The number of nitrogens with zero attached hydrogens (tertiary/aromatic N) is 1. The molecule has 0 aromatic heterocycles. The van der Waals surface area contributed by atoms with E-state index in [1.807, 2.05) is 24.3 Å². The van der Waals surface area contributed by atoms with Crippen LogP contribution in [0.5, 0.6) is 5.75 Å². The normalized spacial score (nSPS) is 14.6. The van der Waals surface area contributed by atoms with Crippen LogP contribution in [-0.2, 0) is 4.79 Å². The van der Waals surface area contributed by atoms with Gasteiger partial charge in [0, 0.05) is 24.9 Å². The van der Waals surface area contributed by atoms with Gasteiger partial charge in [0.05, 0.1) is 5.56 Å². The molecule has 6 heteroatoms. The first-order chi connectivity index (χ1) is 12.0. The zero-order valence-corrected chi connectivity index (χ0v) is 14.1. The predicted octanol–water partition coefficient (Wildman–Crippen LogP) is 2.31. The number of phenolic OH excluding ortho intramolecular Hbond substituents is 1. The van der Waals surface area contributed by atoms with Gasteiger partial charge in [0.1, 0.15) is 5.75 Å². The van der Waals surface area contributed by atoms with E-state index in [0.29, 0.717) is 5.70 Å². The molecule has 1 aliphatic heterocycles. The van der Waals surface area contributed by atoms with Gasteiger partial charge >= 0.3 is 0 Å². The van der Waals surface area contributed by atoms with Gasteiger partial charge in [-0.25, -0.2) is 0 Å². The third-order valence-electron chi connectivity index (χ3n) is 4.24. The van der Waals surface area contributed by atoms with Crippen LogP contribution in [0.1, 0.15) is 30.1 Å². The van der Waals surface area contributed by atoms with Crippen LogP contribution in [0.15, 0.2) is 48.2 Å². The topological polar surface area (TPSA) is 81.7 Å². The number of amides is 2. The minimum Gasteiger partial charge on any atom is -0.507 e. The summed E-state index contributed by atoms with van der Waals surface area (Å²) in [4.78, 5) is 26.1. The molecule has 0 atom stereocenters. The van der Waals surface area contributed by atoms with Gasteiger partial charge in [0.2, 0.25) is 5.91 Å². The first kappa shape index (κ1) is 16.8. The number of hydrazine groups is 1. The van der Waals surface area contributed by atoms with Crippen LogP contribution in [0.2, 0.25) is 0 Å². The van der Waals surface area contributed by atoms with Crippen molar-refractivity contribution in [3.8, 4) is 5.75 Å². The Morgan fingerprint density at radius 3 is 2.40 bits per heavy atom. The average Bonchev–Trinajstić information content (AvgIpc) is 3.14. The molecule has 0 radical (unpaired) electrons. The second-order valence-electron chi connectivity index (χ2n) is 6.16. The van der Waals surface area contributed by atoms with Crippen LogP contribution in [0.4, 0.5) is 0 Å². The number of allylic oxidation sites excluding steroid dienone is 1. The van der Waals surface area contributed by atoms with Gasteiger partial charge < -0.3 is 15.4 Å². The van der Waals surface area contributed by atoms with Gasteiger partial charge in [-0.3, -0.25) is 15.0 Å². The number of aromatic hydroxyl groups is 1. The number of carbonyl (C=O) groups excluding carboxylic acids is 2. The van der Waals surface area contributed by atoms with Crippen LogP contribution in [-0.4, -0.2) is 34.9 Å². The largest absolute Gasteiger partial charge is 0.507 e. The Morgan fingerprint density at radius 2 is 1.72 bits per heavy atom. The van der Waals surface area contributed by atoms with Gasteiger partial charge in [-0.1, -0.05) is 24.3 Å². The summed E-state index contributed by atoms with van der Waals surface area (Å²) < 4.78 is 0. The molecule has 25 heavy (non-hydrogen) atoms. The van der Waals surface area contributed by atoms with Crippen molar-refractivity contribution in [2.24, 2.45) is 0 Å². The van der Waals surface area contributed by atoms with Gasteiger partial charge in [-0.15, -0.1) is 0 Å². The molecule has 2 amide bonds. The Morgan fingerprint density at radius 1 is 1.08 bits per heavy atom. The molecule has 130 valence electrons. The lowest BCUT2D eigenvalue weighted by molar-refractivity contribution is -0.125. The molecule has 1 heterocycles. The predicted molar refractivity (Wildman–Crippen MR) is 95.8 cm³/mol. The standard InChI is InChI=1S/C19H21N3O3/c1-13(10-18(24)22-8-4-5-9-22)20-21-19(25)16-11-14-6-2-3-7-15(14)12-17(16)23/h2-3,6-7,10-12,20,23H,4-5,8-9H2,1H3,(H,21,25). The number of likely N-dealkylation sites (tertiary alicyclic amines) is 1. The summed E-state index contributed by atoms with van der Waals surface area (Å²) >= 11 is 0. The molecule has 3 rings (SSSR count). The van der Waals surface area contributed by atoms with Crippen LogP contribution in [0, 0.1) is 0 Å². The Labute approximate surface area is 146 Å². The maximum Gasteiger partial charge on any atom is 0.273 e. The van der Waals surface area contributed by atoms with Crippen molar-refractivity contribution in [2.75, 3.05) is 13.1 Å². The SMILES string of the molecule is CC(=CC(=O)N1CCCC1)NNC(=O)c1cc2ccccc2cc1O. The third-order valence-corrected chi connectivity index (χ3v) is 4.24. The molecule has 1 fully saturated rings. The molecular weight excluding hydrogens is 318 g/mol. The van der Waals surface area contributed by atoms with Crippen molar-refractivity contribution >= 4 is 22.6 Å². The lowest BCUT2D eigenvalue weighted by Crippen LogP contribution is -2.37. The van der Waals surface area contributed by atoms with Crippen molar-refractivity contribution in [3.63, 3.8) is 0 Å². The number of phenols is 1. The zero-order chi connectivity index (χ0) is 17.8. The quantitative estimate of drug-likeness (QED) is 0.590. The van der Waals surface area contributed by atoms with Crippen molar-refractivity contribution in [1.82, 2.24) is 15.8 Å². The molecule has 0 spiro atoms. The van der Waals surface area contributed by atoms with Crippen LogP contribution in [0.25, 0.3) is 10.8 Å². The van der Waals surface area contributed by atoms with E-state index in [1.54, 1.807) is 24.0 Å². The Bertz CT molecular complexity index is 839. The van der Waals surface area contributed by atoms with Crippen molar-refractivity contribution in [2.45, 2.75) is 19.8 Å². The fourth-order valence-electron chi connectivity index (χ4n) is 2.88. The Kier molecular flexibility index (Phi) is 4.88. The monoisotopic (exact) mass is 339 g/mol. The minimum atomic E-state index is -0.468. The summed E-state index contributed by atoms with van der Waals surface area (Å²) in [5, 5.41) is 11.8. The van der Waals surface area contributed by atoms with Crippen molar-refractivity contribution in [3.05, 3.63) is 53.7 Å². The maximum atomic E-state index is 12.3. The van der Waals surface area contributed by atoms with E-state index in [4.69, 9.17) is 0 Å². The molecule has 2 aromatic carbocycles. The Hall–Kier alpha value is -3.02. The highest BCUT2D eigenvalue weighted by atomic mass is 16.3. The van der Waals surface area contributed by atoms with Crippen LogP contribution < -0.4 is 10.9 Å². The second-order valence-corrected chi connectivity index (χ2v) is 6.16. The summed E-state index contributed by atoms with van der Waals surface area (Å²) in [6.45, 7) is 3.26. The molecule has 6 nitrogen and oxygen atoms in total. The highest BCUT2D eigenvalue weighted by Crippen LogP contribution is 2.24. The highest BCUT2D eigenvalue weighted by molar-refractivity contribution is 6.01. The average molecular weight is 339 g/mol. The first-order valence-corrected chi connectivity index (χ1v) is 8.30. The number of rotatable bonds is 4. The van der Waals surface area contributed by atoms with E-state index in [9.17, 15) is 14.7 Å². The van der Waals surface area contributed by atoms with Gasteiger partial charge in [-0.05, 0) is 42.7 Å². The summed E-state index contributed by atoms with van der Waals surface area (Å²) in [5.41, 5.74) is 5.93. The second kappa shape index (κ2) is 7.25. The van der Waals surface area contributed by atoms with E-state index >= 15 is 0 Å². The van der Waals surface area contributed by atoms with Gasteiger partial charge in [0.15, 0.2) is 0 Å². The van der Waals surface area contributed by atoms with E-state index in [0.717, 1.165) is 36.7 Å². The van der Waals surface area contributed by atoms with Crippen molar-refractivity contribution < 1.29 is 14.7 Å². The fraction of sp³-hybridized carbons (Fsp3) is 0.263. The van der Waals surface area contributed by atoms with Gasteiger partial charge in [0.25, 0.3) is 5.91 Å². The van der Waals surface area contributed by atoms with E-state index < -0.39 is 5.91 Å². The van der Waals surface area contributed by atoms with Crippen LogP contribution >= 0.6 is 0 Å². The van der Waals surface area contributed by atoms with E-state index in [2.05, 4.69) is 10.9 Å². The first-order valence-electron chi connectivity index (χ1n) is 8.30. The summed E-state index contributed by atoms with van der Waals surface area (Å²) in [5.74, 6) is -0.622. The number of hydrogen-bond acceptors (Lipinski definition) is 4. The molecular formula is C19H21N3O3. The molecule has 0 saturated carbocycles. The number of nitrogens with one attached hydrogen (secondary N) is 2. The fourth-order valence-corrected chi connectivity index (χ4v) is 2.88. The highest BCUT2D eigenvalue weighted by Gasteiger charge is 2.16. The lowest BCUT2D eigenvalue weighted by Gasteiger charge is -2.14.